The lowest BCUT2D eigenvalue weighted by Crippen LogP contribution is -2.31. The summed E-state index contributed by atoms with van der Waals surface area (Å²) in [6.45, 7) is 1.72. The molecule has 0 N–H and O–H groups in total. The van der Waals surface area contributed by atoms with Crippen LogP contribution in [0, 0.1) is 5.92 Å². The summed E-state index contributed by atoms with van der Waals surface area (Å²) in [7, 11) is 1.54. The van der Waals surface area contributed by atoms with Gasteiger partial charge in [0.05, 0.1) is 26.4 Å². The van der Waals surface area contributed by atoms with Crippen LogP contribution in [0.25, 0.3) is 0 Å². The maximum Gasteiger partial charge on any atom is 0.317 e. The molecule has 0 amide bonds. The van der Waals surface area contributed by atoms with Crippen LogP contribution >= 0.6 is 0 Å². The Kier molecular flexibility index (Phi) is 9.64. The van der Waals surface area contributed by atoms with Gasteiger partial charge in [0.1, 0.15) is 12.5 Å². The molecule has 7 heteroatoms. The van der Waals surface area contributed by atoms with E-state index in [1.165, 1.54) is 0 Å². The third kappa shape index (κ3) is 7.15. The molecule has 1 aliphatic carbocycles. The van der Waals surface area contributed by atoms with Gasteiger partial charge in [-0.25, -0.2) is 0 Å². The van der Waals surface area contributed by atoms with E-state index in [1.807, 2.05) is 30.3 Å². The molecule has 1 fully saturated rings. The Morgan fingerprint density at radius 1 is 1.00 bits per heavy atom. The van der Waals surface area contributed by atoms with Crippen LogP contribution in [0.5, 0.6) is 11.5 Å². The second-order valence-electron chi connectivity index (χ2n) is 8.27. The molecule has 0 aliphatic heterocycles. The first-order valence-electron chi connectivity index (χ1n) is 11.7. The van der Waals surface area contributed by atoms with Gasteiger partial charge in [-0.15, -0.1) is 0 Å². The number of hydrogen-bond acceptors (Lipinski definition) is 7. The Morgan fingerprint density at radius 3 is 2.41 bits per heavy atom. The minimum Gasteiger partial charge on any atom is -0.493 e. The highest BCUT2D eigenvalue weighted by Crippen LogP contribution is 2.33. The Bertz CT molecular complexity index is 964. The largest absolute Gasteiger partial charge is 0.493 e. The highest BCUT2D eigenvalue weighted by Gasteiger charge is 2.31. The molecule has 1 atom stereocenters. The highest BCUT2D eigenvalue weighted by molar-refractivity contribution is 6.06. The summed E-state index contributed by atoms with van der Waals surface area (Å²) in [6, 6.07) is 14.3. The summed E-state index contributed by atoms with van der Waals surface area (Å²) in [5, 5.41) is 0. The first-order chi connectivity index (χ1) is 16.5. The van der Waals surface area contributed by atoms with E-state index < -0.39 is 17.7 Å². The Labute approximate surface area is 200 Å². The van der Waals surface area contributed by atoms with Crippen molar-refractivity contribution in [2.45, 2.75) is 51.7 Å². The monoisotopic (exact) mass is 468 g/mol. The van der Waals surface area contributed by atoms with Gasteiger partial charge < -0.3 is 18.9 Å². The predicted molar refractivity (Wildman–Crippen MR) is 126 cm³/mol. The van der Waals surface area contributed by atoms with E-state index in [1.54, 1.807) is 32.2 Å². The zero-order valence-corrected chi connectivity index (χ0v) is 19.8. The Morgan fingerprint density at radius 2 is 1.74 bits per heavy atom. The van der Waals surface area contributed by atoms with E-state index in [-0.39, 0.29) is 38.1 Å². The SMILES string of the molecule is CCOC(=O)C(CC(=O)c1ccc(OC)c(OC2CCCC2)c1)C(=O)COCc1ccccc1. The number of Topliss-reactive ketones (excluding diaryl/α,β-unsaturated/α-hetero) is 2. The van der Waals surface area contributed by atoms with Gasteiger partial charge in [0.25, 0.3) is 0 Å². The fraction of sp³-hybridized carbons (Fsp3) is 0.444. The van der Waals surface area contributed by atoms with Gasteiger partial charge in [-0.3, -0.25) is 14.4 Å². The number of esters is 1. The first kappa shape index (κ1) is 25.4. The lowest BCUT2D eigenvalue weighted by atomic mass is 9.94. The summed E-state index contributed by atoms with van der Waals surface area (Å²) in [5.41, 5.74) is 1.26. The van der Waals surface area contributed by atoms with E-state index in [9.17, 15) is 14.4 Å². The minimum absolute atomic E-state index is 0.0925. The summed E-state index contributed by atoms with van der Waals surface area (Å²) >= 11 is 0. The number of rotatable bonds is 13. The van der Waals surface area contributed by atoms with E-state index in [0.717, 1.165) is 31.2 Å². The van der Waals surface area contributed by atoms with Crippen molar-refractivity contribution in [2.24, 2.45) is 5.92 Å². The molecule has 7 nitrogen and oxygen atoms in total. The molecule has 0 saturated heterocycles. The molecule has 3 rings (SSSR count). The minimum atomic E-state index is -1.23. The number of ether oxygens (including phenoxy) is 4. The average Bonchev–Trinajstić information content (AvgIpc) is 3.36. The predicted octanol–water partition coefficient (Wildman–Crippen LogP) is 4.55. The second kappa shape index (κ2) is 12.9. The smallest absolute Gasteiger partial charge is 0.317 e. The second-order valence-corrected chi connectivity index (χ2v) is 8.27. The van der Waals surface area contributed by atoms with Gasteiger partial charge in [0.2, 0.25) is 0 Å². The van der Waals surface area contributed by atoms with E-state index in [0.29, 0.717) is 17.1 Å². The van der Waals surface area contributed by atoms with Crippen LogP contribution in [-0.4, -0.2) is 44.0 Å². The normalized spacial score (nSPS) is 14.4. The molecule has 0 spiro atoms. The maximum atomic E-state index is 13.1. The van der Waals surface area contributed by atoms with Gasteiger partial charge in [-0.1, -0.05) is 30.3 Å². The van der Waals surface area contributed by atoms with Gasteiger partial charge in [0, 0.05) is 12.0 Å². The summed E-state index contributed by atoms with van der Waals surface area (Å²) in [6.07, 6.45) is 3.94. The van der Waals surface area contributed by atoms with Crippen LogP contribution in [0.1, 0.15) is 54.9 Å². The average molecular weight is 469 g/mol. The molecule has 2 aromatic carbocycles. The third-order valence-corrected chi connectivity index (χ3v) is 5.79. The Hall–Kier alpha value is -3.19. The van der Waals surface area contributed by atoms with Gasteiger partial charge in [0.15, 0.2) is 23.1 Å². The van der Waals surface area contributed by atoms with Crippen LogP contribution in [0.2, 0.25) is 0 Å². The maximum absolute atomic E-state index is 13.1. The van der Waals surface area contributed by atoms with Crippen molar-refractivity contribution in [1.29, 1.82) is 0 Å². The molecule has 2 aromatic rings. The lowest BCUT2D eigenvalue weighted by Gasteiger charge is -2.17. The third-order valence-electron chi connectivity index (χ3n) is 5.79. The quantitative estimate of drug-likeness (QED) is 0.242. The Balaban J connectivity index is 1.68. The van der Waals surface area contributed by atoms with E-state index in [2.05, 4.69) is 0 Å². The van der Waals surface area contributed by atoms with Crippen LogP contribution in [0.4, 0.5) is 0 Å². The number of ketones is 2. The molecular weight excluding hydrogens is 436 g/mol. The molecule has 1 aliphatic rings. The van der Waals surface area contributed by atoms with Crippen molar-refractivity contribution in [3.63, 3.8) is 0 Å². The zero-order valence-electron chi connectivity index (χ0n) is 19.8. The van der Waals surface area contributed by atoms with Crippen molar-refractivity contribution < 1.29 is 33.3 Å². The number of hydrogen-bond donors (Lipinski definition) is 0. The fourth-order valence-electron chi connectivity index (χ4n) is 3.95. The zero-order chi connectivity index (χ0) is 24.3. The molecule has 0 aromatic heterocycles. The van der Waals surface area contributed by atoms with Gasteiger partial charge in [-0.05, 0) is 56.4 Å². The topological polar surface area (TPSA) is 88.1 Å². The van der Waals surface area contributed by atoms with Crippen molar-refractivity contribution in [1.82, 2.24) is 0 Å². The number of benzene rings is 2. The molecule has 182 valence electrons. The number of carbonyl (C=O) groups is 3. The molecule has 0 bridgehead atoms. The molecule has 1 unspecified atom stereocenters. The van der Waals surface area contributed by atoms with Crippen LogP contribution in [0.3, 0.4) is 0 Å². The molecule has 1 saturated carbocycles. The van der Waals surface area contributed by atoms with Crippen LogP contribution in [0.15, 0.2) is 48.5 Å². The van der Waals surface area contributed by atoms with E-state index >= 15 is 0 Å². The molecule has 34 heavy (non-hydrogen) atoms. The van der Waals surface area contributed by atoms with Crippen molar-refractivity contribution in [3.8, 4) is 11.5 Å². The fourth-order valence-corrected chi connectivity index (χ4v) is 3.95. The van der Waals surface area contributed by atoms with Crippen molar-refractivity contribution in [2.75, 3.05) is 20.3 Å². The standard InChI is InChI=1S/C27H32O7/c1-3-33-27(30)22(24(29)18-32-17-19-9-5-4-6-10-19)16-23(28)20-13-14-25(31-2)26(15-20)34-21-11-7-8-12-21/h4-6,9-10,13-15,21-22H,3,7-8,11-12,16-18H2,1-2H3. The lowest BCUT2D eigenvalue weighted by molar-refractivity contribution is -0.152. The summed E-state index contributed by atoms with van der Waals surface area (Å²) < 4.78 is 22.0. The first-order valence-corrected chi connectivity index (χ1v) is 11.7. The van der Waals surface area contributed by atoms with Crippen molar-refractivity contribution in [3.05, 3.63) is 59.7 Å². The highest BCUT2D eigenvalue weighted by atomic mass is 16.5. The van der Waals surface area contributed by atoms with Crippen LogP contribution < -0.4 is 9.47 Å². The van der Waals surface area contributed by atoms with Crippen molar-refractivity contribution >= 4 is 17.5 Å². The van der Waals surface area contributed by atoms with E-state index in [4.69, 9.17) is 18.9 Å². The number of methoxy groups -OCH3 is 1. The summed E-state index contributed by atoms with van der Waals surface area (Å²) in [4.78, 5) is 38.3. The summed E-state index contributed by atoms with van der Waals surface area (Å²) in [5.74, 6) is -1.77. The van der Waals surface area contributed by atoms with Gasteiger partial charge >= 0.3 is 5.97 Å². The molecule has 0 heterocycles. The van der Waals surface area contributed by atoms with Gasteiger partial charge in [-0.2, -0.15) is 0 Å². The van der Waals surface area contributed by atoms with Crippen LogP contribution in [-0.2, 0) is 25.7 Å². The number of carbonyl (C=O) groups excluding carboxylic acids is 3. The molecular formula is C27H32O7. The molecule has 0 radical (unpaired) electrons.